The smallest absolute Gasteiger partial charge is 0.305 e. The topological polar surface area (TPSA) is 57.6 Å². The van der Waals surface area contributed by atoms with Gasteiger partial charge >= 0.3 is 5.97 Å². The maximum atomic E-state index is 13.2. The maximum Gasteiger partial charge on any atom is 0.305 e. The fourth-order valence-electron chi connectivity index (χ4n) is 1.84. The maximum absolute atomic E-state index is 13.2. The van der Waals surface area contributed by atoms with Gasteiger partial charge < -0.3 is 10.0 Å². The molecule has 0 aliphatic carbocycles. The number of carbonyl (C=O) groups excluding carboxylic acids is 1. The molecular weight excluding hydrogens is 280 g/mol. The molecule has 1 atom stereocenters. The molecule has 1 rings (SSSR count). The van der Waals surface area contributed by atoms with Crippen LogP contribution in [-0.4, -0.2) is 28.4 Å². The van der Waals surface area contributed by atoms with E-state index < -0.39 is 17.6 Å². The van der Waals surface area contributed by atoms with Crippen LogP contribution in [0.25, 0.3) is 0 Å². The van der Waals surface area contributed by atoms with Crippen LogP contribution in [-0.2, 0) is 16.1 Å². The van der Waals surface area contributed by atoms with Gasteiger partial charge in [-0.3, -0.25) is 9.59 Å². The average molecular weight is 299 g/mol. The summed E-state index contributed by atoms with van der Waals surface area (Å²) >= 11 is 0. The summed E-state index contributed by atoms with van der Waals surface area (Å²) in [5.41, 5.74) is 0.427. The number of aliphatic carboxylic acids is 1. The molecule has 1 aromatic rings. The lowest BCUT2D eigenvalue weighted by Crippen LogP contribution is -2.36. The average Bonchev–Trinajstić information content (AvgIpc) is 2.45. The van der Waals surface area contributed by atoms with Crippen molar-refractivity contribution >= 4 is 11.9 Å². The number of hydrogen-bond donors (Lipinski definition) is 1. The molecule has 0 aromatic heterocycles. The minimum absolute atomic E-state index is 0.0392. The molecule has 4 nitrogen and oxygen atoms in total. The van der Waals surface area contributed by atoms with Crippen LogP contribution in [0.3, 0.4) is 0 Å². The Morgan fingerprint density at radius 2 is 1.95 bits per heavy atom. The Balaban J connectivity index is 2.87. The first-order chi connectivity index (χ1) is 9.85. The molecule has 0 aliphatic heterocycles. The fourth-order valence-corrected chi connectivity index (χ4v) is 1.84. The Labute approximate surface area is 122 Å². The second-order valence-electron chi connectivity index (χ2n) is 4.96. The number of amides is 1. The molecule has 0 aliphatic rings. The van der Waals surface area contributed by atoms with Crippen molar-refractivity contribution in [3.8, 4) is 0 Å². The van der Waals surface area contributed by atoms with Crippen molar-refractivity contribution in [2.24, 2.45) is 5.92 Å². The number of carboxylic acid groups (broad SMARTS) is 1. The van der Waals surface area contributed by atoms with Crippen LogP contribution in [0.2, 0.25) is 0 Å². The molecule has 1 unspecified atom stereocenters. The van der Waals surface area contributed by atoms with Gasteiger partial charge in [0.15, 0.2) is 11.6 Å². The van der Waals surface area contributed by atoms with E-state index in [2.05, 4.69) is 0 Å². The third-order valence-corrected chi connectivity index (χ3v) is 3.30. The molecule has 0 fully saturated rings. The summed E-state index contributed by atoms with van der Waals surface area (Å²) in [5.74, 6) is -3.39. The van der Waals surface area contributed by atoms with Gasteiger partial charge in [0.1, 0.15) is 0 Å². The number of carbonyl (C=O) groups is 2. The van der Waals surface area contributed by atoms with Crippen molar-refractivity contribution in [3.63, 3.8) is 0 Å². The van der Waals surface area contributed by atoms with Gasteiger partial charge in [-0.25, -0.2) is 8.78 Å². The summed E-state index contributed by atoms with van der Waals surface area (Å²) in [5, 5.41) is 8.74. The molecule has 0 bridgehead atoms. The largest absolute Gasteiger partial charge is 0.481 e. The van der Waals surface area contributed by atoms with E-state index in [-0.39, 0.29) is 31.3 Å². The molecular formula is C15H19F2NO3. The van der Waals surface area contributed by atoms with Crippen molar-refractivity contribution in [2.45, 2.75) is 33.2 Å². The quantitative estimate of drug-likeness (QED) is 0.842. The summed E-state index contributed by atoms with van der Waals surface area (Å²) in [4.78, 5) is 24.2. The van der Waals surface area contributed by atoms with E-state index in [1.807, 2.05) is 6.92 Å². The molecule has 1 N–H and O–H groups in total. The first-order valence-corrected chi connectivity index (χ1v) is 6.79. The van der Waals surface area contributed by atoms with Crippen LogP contribution in [0.15, 0.2) is 18.2 Å². The zero-order valence-corrected chi connectivity index (χ0v) is 12.1. The van der Waals surface area contributed by atoms with Crippen LogP contribution < -0.4 is 0 Å². The van der Waals surface area contributed by atoms with Crippen LogP contribution in [0.5, 0.6) is 0 Å². The summed E-state index contributed by atoms with van der Waals surface area (Å²) in [7, 11) is 0. The van der Waals surface area contributed by atoms with Crippen molar-refractivity contribution < 1.29 is 23.5 Å². The lowest BCUT2D eigenvalue weighted by atomic mass is 10.1. The van der Waals surface area contributed by atoms with Gasteiger partial charge in [-0.05, 0) is 24.1 Å². The van der Waals surface area contributed by atoms with E-state index in [1.54, 1.807) is 6.92 Å². The highest BCUT2D eigenvalue weighted by atomic mass is 19.2. The predicted octanol–water partition coefficient (Wildman–Crippen LogP) is 2.81. The zero-order chi connectivity index (χ0) is 16.0. The molecule has 0 spiro atoms. The van der Waals surface area contributed by atoms with Gasteiger partial charge in [0.05, 0.1) is 6.42 Å². The van der Waals surface area contributed by atoms with Crippen molar-refractivity contribution in [1.29, 1.82) is 0 Å². The van der Waals surface area contributed by atoms with Crippen molar-refractivity contribution in [2.75, 3.05) is 6.54 Å². The Bertz CT molecular complexity index is 520. The summed E-state index contributed by atoms with van der Waals surface area (Å²) in [6.07, 6.45) is 0.437. The molecule has 0 saturated carbocycles. The monoisotopic (exact) mass is 299 g/mol. The number of benzene rings is 1. The van der Waals surface area contributed by atoms with Gasteiger partial charge in [-0.2, -0.15) is 0 Å². The number of halogens is 2. The highest BCUT2D eigenvalue weighted by molar-refractivity contribution is 5.79. The first-order valence-electron chi connectivity index (χ1n) is 6.79. The number of carboxylic acids is 1. The van der Waals surface area contributed by atoms with Crippen LogP contribution in [0.1, 0.15) is 32.3 Å². The number of nitrogens with zero attached hydrogens (tertiary/aromatic N) is 1. The van der Waals surface area contributed by atoms with E-state index in [1.165, 1.54) is 11.0 Å². The van der Waals surface area contributed by atoms with E-state index in [0.717, 1.165) is 12.1 Å². The fraction of sp³-hybridized carbons (Fsp3) is 0.467. The second kappa shape index (κ2) is 7.71. The second-order valence-corrected chi connectivity index (χ2v) is 4.96. The Hall–Kier alpha value is -1.98. The van der Waals surface area contributed by atoms with E-state index >= 15 is 0 Å². The Morgan fingerprint density at radius 1 is 1.29 bits per heavy atom. The minimum Gasteiger partial charge on any atom is -0.481 e. The van der Waals surface area contributed by atoms with E-state index in [9.17, 15) is 18.4 Å². The van der Waals surface area contributed by atoms with Crippen molar-refractivity contribution in [3.05, 3.63) is 35.4 Å². The van der Waals surface area contributed by atoms with Gasteiger partial charge in [0, 0.05) is 19.0 Å². The SMILES string of the molecule is CCC(C)C(=O)N(CCC(=O)O)Cc1ccc(F)c(F)c1. The minimum atomic E-state index is -1.01. The zero-order valence-electron chi connectivity index (χ0n) is 12.1. The third-order valence-electron chi connectivity index (χ3n) is 3.30. The molecule has 6 heteroatoms. The summed E-state index contributed by atoms with van der Waals surface area (Å²) in [6, 6.07) is 3.40. The van der Waals surface area contributed by atoms with Gasteiger partial charge in [0.25, 0.3) is 0 Å². The lowest BCUT2D eigenvalue weighted by molar-refractivity contribution is -0.140. The Morgan fingerprint density at radius 3 is 2.48 bits per heavy atom. The molecule has 21 heavy (non-hydrogen) atoms. The summed E-state index contributed by atoms with van der Waals surface area (Å²) in [6.45, 7) is 3.71. The summed E-state index contributed by atoms with van der Waals surface area (Å²) < 4.78 is 26.1. The standard InChI is InChI=1S/C15H19F2NO3/c1-3-10(2)15(21)18(7-6-14(19)20)9-11-4-5-12(16)13(17)8-11/h4-5,8,10H,3,6-7,9H2,1-2H3,(H,19,20). The van der Waals surface area contributed by atoms with E-state index in [4.69, 9.17) is 5.11 Å². The molecule has 1 aromatic carbocycles. The van der Waals surface area contributed by atoms with Crippen molar-refractivity contribution in [1.82, 2.24) is 4.90 Å². The normalized spacial score (nSPS) is 12.0. The lowest BCUT2D eigenvalue weighted by Gasteiger charge is -2.25. The van der Waals surface area contributed by atoms with Gasteiger partial charge in [-0.15, -0.1) is 0 Å². The predicted molar refractivity (Wildman–Crippen MR) is 73.5 cm³/mol. The Kier molecular flexibility index (Phi) is 6.27. The number of rotatable bonds is 7. The third kappa shape index (κ3) is 5.13. The highest BCUT2D eigenvalue weighted by Crippen LogP contribution is 2.14. The van der Waals surface area contributed by atoms with Crippen LogP contribution in [0.4, 0.5) is 8.78 Å². The molecule has 1 amide bonds. The number of hydrogen-bond acceptors (Lipinski definition) is 2. The van der Waals surface area contributed by atoms with Gasteiger partial charge in [0.2, 0.25) is 5.91 Å². The van der Waals surface area contributed by atoms with Crippen LogP contribution >= 0.6 is 0 Å². The van der Waals surface area contributed by atoms with E-state index in [0.29, 0.717) is 12.0 Å². The highest BCUT2D eigenvalue weighted by Gasteiger charge is 2.20. The van der Waals surface area contributed by atoms with Crippen LogP contribution in [0, 0.1) is 17.6 Å². The molecule has 116 valence electrons. The first kappa shape index (κ1) is 17.1. The molecule has 0 radical (unpaired) electrons. The molecule has 0 heterocycles. The van der Waals surface area contributed by atoms with Gasteiger partial charge in [-0.1, -0.05) is 19.9 Å². The molecule has 0 saturated heterocycles.